The van der Waals surface area contributed by atoms with E-state index in [2.05, 4.69) is 60.7 Å². The topological polar surface area (TPSA) is 47.6 Å². The van der Waals surface area contributed by atoms with Crippen molar-refractivity contribution in [3.05, 3.63) is 96.1 Å². The van der Waals surface area contributed by atoms with Crippen LogP contribution >= 0.6 is 0 Å². The minimum Gasteiger partial charge on any atom is -0.192 e. The van der Waals surface area contributed by atoms with Crippen LogP contribution in [0.1, 0.15) is 11.1 Å². The van der Waals surface area contributed by atoms with Crippen LogP contribution in [-0.4, -0.2) is 0 Å². The van der Waals surface area contributed by atoms with Crippen molar-refractivity contribution in [3.8, 4) is 12.1 Å². The standard InChI is InChI=1S/C28H14N2/c29-15-17-9-11-23-25(13-17)19-5-1-3-7-21(19)27-24-12-10-18(16-30)14-26(24)20-6-2-4-8-22(20)28(23)27/h1-14H. The summed E-state index contributed by atoms with van der Waals surface area (Å²) in [7, 11) is 0. The molecule has 0 saturated carbocycles. The van der Waals surface area contributed by atoms with Gasteiger partial charge in [-0.25, -0.2) is 0 Å². The van der Waals surface area contributed by atoms with Crippen LogP contribution < -0.4 is 0 Å². The molecule has 0 unspecified atom stereocenters. The van der Waals surface area contributed by atoms with Gasteiger partial charge >= 0.3 is 0 Å². The third kappa shape index (κ3) is 2.11. The van der Waals surface area contributed by atoms with E-state index in [0.29, 0.717) is 11.1 Å². The molecule has 0 saturated heterocycles. The number of nitrogens with zero attached hydrogens (tertiary/aromatic N) is 2. The van der Waals surface area contributed by atoms with Crippen molar-refractivity contribution in [2.24, 2.45) is 0 Å². The molecule has 0 aliphatic carbocycles. The zero-order valence-corrected chi connectivity index (χ0v) is 16.0. The van der Waals surface area contributed by atoms with Gasteiger partial charge in [0.05, 0.1) is 23.3 Å². The lowest BCUT2D eigenvalue weighted by Gasteiger charge is -2.16. The molecule has 6 aromatic rings. The molecule has 0 aliphatic heterocycles. The Morgan fingerprint density at radius 3 is 1.17 bits per heavy atom. The van der Waals surface area contributed by atoms with Crippen LogP contribution in [0.15, 0.2) is 84.9 Å². The van der Waals surface area contributed by atoms with Crippen LogP contribution in [0.4, 0.5) is 0 Å². The Hall–Kier alpha value is -4.40. The van der Waals surface area contributed by atoms with Gasteiger partial charge in [0.1, 0.15) is 0 Å². The van der Waals surface area contributed by atoms with Crippen molar-refractivity contribution < 1.29 is 0 Å². The Morgan fingerprint density at radius 2 is 0.767 bits per heavy atom. The van der Waals surface area contributed by atoms with Gasteiger partial charge in [-0.2, -0.15) is 10.5 Å². The average molecular weight is 378 g/mol. The van der Waals surface area contributed by atoms with E-state index in [1.165, 1.54) is 10.8 Å². The van der Waals surface area contributed by atoms with Gasteiger partial charge in [-0.05, 0) is 78.1 Å². The maximum atomic E-state index is 9.47. The zero-order valence-electron chi connectivity index (χ0n) is 16.0. The Bertz CT molecular complexity index is 1630. The predicted octanol–water partition coefficient (Wildman–Crippen LogP) is 7.20. The Balaban J connectivity index is 2.05. The van der Waals surface area contributed by atoms with Gasteiger partial charge < -0.3 is 0 Å². The third-order valence-corrected chi connectivity index (χ3v) is 6.06. The van der Waals surface area contributed by atoms with Gasteiger partial charge in [0.25, 0.3) is 0 Å². The number of hydrogen-bond acceptors (Lipinski definition) is 2. The summed E-state index contributed by atoms with van der Waals surface area (Å²) in [6, 6.07) is 33.3. The molecule has 2 nitrogen and oxygen atoms in total. The Labute approximate surface area is 172 Å². The monoisotopic (exact) mass is 378 g/mol. The molecular weight excluding hydrogens is 364 g/mol. The van der Waals surface area contributed by atoms with Gasteiger partial charge in [-0.3, -0.25) is 0 Å². The molecule has 136 valence electrons. The molecule has 0 radical (unpaired) electrons. The summed E-state index contributed by atoms with van der Waals surface area (Å²) < 4.78 is 0. The molecule has 0 heterocycles. The van der Waals surface area contributed by atoms with Crippen LogP contribution in [0.25, 0.3) is 53.9 Å². The quantitative estimate of drug-likeness (QED) is 0.262. The first-order chi connectivity index (χ1) is 14.8. The number of fused-ring (bicyclic) bond motifs is 11. The average Bonchev–Trinajstić information content (AvgIpc) is 2.83. The number of nitriles is 2. The van der Waals surface area contributed by atoms with Gasteiger partial charge in [0.15, 0.2) is 0 Å². The summed E-state index contributed by atoms with van der Waals surface area (Å²) >= 11 is 0. The Morgan fingerprint density at radius 1 is 0.400 bits per heavy atom. The first-order valence-electron chi connectivity index (χ1n) is 9.83. The molecule has 0 fully saturated rings. The summed E-state index contributed by atoms with van der Waals surface area (Å²) in [6.45, 7) is 0. The van der Waals surface area contributed by atoms with Gasteiger partial charge in [0.2, 0.25) is 0 Å². The lowest BCUT2D eigenvalue weighted by atomic mass is 9.86. The van der Waals surface area contributed by atoms with E-state index in [9.17, 15) is 10.5 Å². The molecule has 0 N–H and O–H groups in total. The fraction of sp³-hybridized carbons (Fsp3) is 0. The maximum Gasteiger partial charge on any atom is 0.0991 e. The van der Waals surface area contributed by atoms with Crippen LogP contribution in [-0.2, 0) is 0 Å². The van der Waals surface area contributed by atoms with E-state index in [4.69, 9.17) is 0 Å². The summed E-state index contributed by atoms with van der Waals surface area (Å²) in [5.74, 6) is 0. The highest BCUT2D eigenvalue weighted by atomic mass is 14.3. The fourth-order valence-corrected chi connectivity index (χ4v) is 4.81. The molecule has 0 bridgehead atoms. The van der Waals surface area contributed by atoms with Gasteiger partial charge in [-0.1, -0.05) is 60.7 Å². The lowest BCUT2D eigenvalue weighted by molar-refractivity contribution is 1.50. The highest BCUT2D eigenvalue weighted by Crippen LogP contribution is 2.43. The minimum absolute atomic E-state index is 0.663. The molecule has 0 aliphatic rings. The second-order valence-electron chi connectivity index (χ2n) is 7.59. The van der Waals surface area contributed by atoms with E-state index < -0.39 is 0 Å². The molecule has 30 heavy (non-hydrogen) atoms. The second-order valence-corrected chi connectivity index (χ2v) is 7.59. The first-order valence-corrected chi connectivity index (χ1v) is 9.83. The minimum atomic E-state index is 0.663. The molecule has 6 rings (SSSR count). The van der Waals surface area contributed by atoms with Crippen LogP contribution in [0.3, 0.4) is 0 Å². The van der Waals surface area contributed by atoms with E-state index in [-0.39, 0.29) is 0 Å². The lowest BCUT2D eigenvalue weighted by Crippen LogP contribution is -1.89. The van der Waals surface area contributed by atoms with Crippen molar-refractivity contribution in [2.45, 2.75) is 0 Å². The molecule has 0 atom stereocenters. The first kappa shape index (κ1) is 16.5. The summed E-state index contributed by atoms with van der Waals surface area (Å²) in [4.78, 5) is 0. The van der Waals surface area contributed by atoms with E-state index >= 15 is 0 Å². The molecule has 0 amide bonds. The summed E-state index contributed by atoms with van der Waals surface area (Å²) in [5, 5.41) is 30.4. The Kier molecular flexibility index (Phi) is 3.33. The zero-order chi connectivity index (χ0) is 20.2. The number of benzene rings is 6. The van der Waals surface area contributed by atoms with Crippen LogP contribution in [0, 0.1) is 22.7 Å². The van der Waals surface area contributed by atoms with Crippen molar-refractivity contribution >= 4 is 53.9 Å². The maximum absolute atomic E-state index is 9.47. The van der Waals surface area contributed by atoms with Crippen molar-refractivity contribution in [1.29, 1.82) is 10.5 Å². The molecule has 0 spiro atoms. The fourth-order valence-electron chi connectivity index (χ4n) is 4.81. The SMILES string of the molecule is N#Cc1ccc2c(c1)c1ccccc1c1c3ccc(C#N)cc3c3ccccc3c21. The van der Waals surface area contributed by atoms with Crippen LogP contribution in [0.5, 0.6) is 0 Å². The van der Waals surface area contributed by atoms with Gasteiger partial charge in [0, 0.05) is 0 Å². The molecule has 6 aromatic carbocycles. The van der Waals surface area contributed by atoms with E-state index in [1.807, 2.05) is 36.4 Å². The highest BCUT2D eigenvalue weighted by Gasteiger charge is 2.16. The smallest absolute Gasteiger partial charge is 0.0991 e. The molecule has 2 heteroatoms. The number of rotatable bonds is 0. The summed E-state index contributed by atoms with van der Waals surface area (Å²) in [6.07, 6.45) is 0. The molecule has 0 aromatic heterocycles. The largest absolute Gasteiger partial charge is 0.192 e. The third-order valence-electron chi connectivity index (χ3n) is 6.06. The van der Waals surface area contributed by atoms with Crippen molar-refractivity contribution in [3.63, 3.8) is 0 Å². The predicted molar refractivity (Wildman–Crippen MR) is 123 cm³/mol. The van der Waals surface area contributed by atoms with Crippen molar-refractivity contribution in [1.82, 2.24) is 0 Å². The molecular formula is C28H14N2. The highest BCUT2D eigenvalue weighted by molar-refractivity contribution is 6.39. The van der Waals surface area contributed by atoms with Crippen LogP contribution in [0.2, 0.25) is 0 Å². The van der Waals surface area contributed by atoms with Gasteiger partial charge in [-0.15, -0.1) is 0 Å². The summed E-state index contributed by atoms with van der Waals surface area (Å²) in [5.41, 5.74) is 1.33. The second kappa shape index (κ2) is 6.05. The number of hydrogen-bond donors (Lipinski definition) is 0. The van der Waals surface area contributed by atoms with Crippen molar-refractivity contribution in [2.75, 3.05) is 0 Å². The van der Waals surface area contributed by atoms with E-state index in [1.54, 1.807) is 0 Å². The normalized spacial score (nSPS) is 11.3. The van der Waals surface area contributed by atoms with E-state index in [0.717, 1.165) is 43.1 Å².